The SMILES string of the molecule is CNCC1CCN(C(=O)CCCc2nc3ccccc3s2)CC1. The Morgan fingerprint density at radius 3 is 2.87 bits per heavy atom. The number of fused-ring (bicyclic) bond motifs is 1. The zero-order valence-electron chi connectivity index (χ0n) is 13.8. The number of amides is 1. The van der Waals surface area contributed by atoms with Gasteiger partial charge < -0.3 is 10.2 Å². The van der Waals surface area contributed by atoms with Crippen molar-refractivity contribution in [2.75, 3.05) is 26.7 Å². The first-order chi connectivity index (χ1) is 11.3. The van der Waals surface area contributed by atoms with Crippen molar-refractivity contribution in [1.82, 2.24) is 15.2 Å². The van der Waals surface area contributed by atoms with Crippen LogP contribution >= 0.6 is 11.3 Å². The second kappa shape index (κ2) is 7.88. The van der Waals surface area contributed by atoms with Gasteiger partial charge in [-0.3, -0.25) is 4.79 Å². The van der Waals surface area contributed by atoms with Gasteiger partial charge in [-0.05, 0) is 57.3 Å². The Kier molecular flexibility index (Phi) is 5.62. The van der Waals surface area contributed by atoms with Gasteiger partial charge in [0.05, 0.1) is 15.2 Å². The fourth-order valence-electron chi connectivity index (χ4n) is 3.25. The molecular formula is C18H25N3OS. The van der Waals surface area contributed by atoms with Crippen molar-refractivity contribution in [2.45, 2.75) is 32.1 Å². The molecule has 1 aliphatic rings. The maximum absolute atomic E-state index is 12.3. The van der Waals surface area contributed by atoms with Gasteiger partial charge in [0.15, 0.2) is 0 Å². The molecule has 3 rings (SSSR count). The summed E-state index contributed by atoms with van der Waals surface area (Å²) in [4.78, 5) is 19.0. The molecule has 1 aromatic carbocycles. The highest BCUT2D eigenvalue weighted by atomic mass is 32.1. The average molecular weight is 331 g/mol. The minimum Gasteiger partial charge on any atom is -0.343 e. The molecule has 4 nitrogen and oxygen atoms in total. The predicted octanol–water partition coefficient (Wildman–Crippen LogP) is 3.08. The van der Waals surface area contributed by atoms with Gasteiger partial charge in [0.2, 0.25) is 5.91 Å². The van der Waals surface area contributed by atoms with E-state index >= 15 is 0 Å². The number of nitrogens with one attached hydrogen (secondary N) is 1. The fraction of sp³-hybridized carbons (Fsp3) is 0.556. The minimum atomic E-state index is 0.314. The number of hydrogen-bond acceptors (Lipinski definition) is 4. The monoisotopic (exact) mass is 331 g/mol. The molecule has 5 heteroatoms. The van der Waals surface area contributed by atoms with E-state index in [-0.39, 0.29) is 0 Å². The van der Waals surface area contributed by atoms with Gasteiger partial charge in [-0.25, -0.2) is 4.98 Å². The summed E-state index contributed by atoms with van der Waals surface area (Å²) in [6.45, 7) is 2.91. The topological polar surface area (TPSA) is 45.2 Å². The molecule has 1 amide bonds. The summed E-state index contributed by atoms with van der Waals surface area (Å²) in [6, 6.07) is 8.23. The lowest BCUT2D eigenvalue weighted by atomic mass is 9.96. The van der Waals surface area contributed by atoms with E-state index in [0.29, 0.717) is 12.3 Å². The zero-order valence-corrected chi connectivity index (χ0v) is 14.6. The quantitative estimate of drug-likeness (QED) is 0.885. The predicted molar refractivity (Wildman–Crippen MR) is 95.8 cm³/mol. The Balaban J connectivity index is 1.42. The number of thiazole rings is 1. The molecule has 0 spiro atoms. The van der Waals surface area contributed by atoms with Crippen molar-refractivity contribution in [3.05, 3.63) is 29.3 Å². The van der Waals surface area contributed by atoms with E-state index in [1.807, 2.05) is 24.1 Å². The highest BCUT2D eigenvalue weighted by molar-refractivity contribution is 7.18. The summed E-state index contributed by atoms with van der Waals surface area (Å²) in [6.07, 6.45) is 4.71. The molecule has 0 radical (unpaired) electrons. The van der Waals surface area contributed by atoms with Gasteiger partial charge in [0, 0.05) is 19.5 Å². The molecule has 0 aliphatic carbocycles. The van der Waals surface area contributed by atoms with E-state index in [1.165, 1.54) is 4.70 Å². The maximum Gasteiger partial charge on any atom is 0.222 e. The summed E-state index contributed by atoms with van der Waals surface area (Å²) >= 11 is 1.75. The van der Waals surface area contributed by atoms with E-state index in [9.17, 15) is 4.79 Å². The van der Waals surface area contributed by atoms with E-state index in [0.717, 1.165) is 61.8 Å². The Morgan fingerprint density at radius 1 is 1.35 bits per heavy atom. The van der Waals surface area contributed by atoms with E-state index < -0.39 is 0 Å². The van der Waals surface area contributed by atoms with Gasteiger partial charge in [-0.1, -0.05) is 12.1 Å². The van der Waals surface area contributed by atoms with Crippen LogP contribution in [-0.4, -0.2) is 42.5 Å². The molecule has 2 heterocycles. The number of hydrogen-bond donors (Lipinski definition) is 1. The molecular weight excluding hydrogens is 306 g/mol. The highest BCUT2D eigenvalue weighted by Gasteiger charge is 2.21. The second-order valence-corrected chi connectivity index (χ2v) is 7.43. The molecule has 1 fully saturated rings. The number of likely N-dealkylation sites (tertiary alicyclic amines) is 1. The van der Waals surface area contributed by atoms with Crippen LogP contribution in [0, 0.1) is 5.92 Å². The van der Waals surface area contributed by atoms with Gasteiger partial charge in [-0.15, -0.1) is 11.3 Å². The van der Waals surface area contributed by atoms with Crippen LogP contribution < -0.4 is 5.32 Å². The first-order valence-electron chi connectivity index (χ1n) is 8.53. The van der Waals surface area contributed by atoms with Crippen molar-refractivity contribution in [3.63, 3.8) is 0 Å². The van der Waals surface area contributed by atoms with E-state index in [2.05, 4.69) is 22.4 Å². The number of nitrogens with zero attached hydrogens (tertiary/aromatic N) is 2. The molecule has 0 atom stereocenters. The zero-order chi connectivity index (χ0) is 16.1. The van der Waals surface area contributed by atoms with E-state index in [4.69, 9.17) is 0 Å². The van der Waals surface area contributed by atoms with Crippen LogP contribution in [0.5, 0.6) is 0 Å². The lowest BCUT2D eigenvalue weighted by Crippen LogP contribution is -2.40. The lowest BCUT2D eigenvalue weighted by Gasteiger charge is -2.32. The van der Waals surface area contributed by atoms with Gasteiger partial charge in [0.25, 0.3) is 0 Å². The number of aryl methyl sites for hydroxylation is 1. The smallest absolute Gasteiger partial charge is 0.222 e. The number of carbonyl (C=O) groups excluding carboxylic acids is 1. The summed E-state index contributed by atoms with van der Waals surface area (Å²) < 4.78 is 1.24. The molecule has 0 unspecified atom stereocenters. The average Bonchev–Trinajstić information content (AvgIpc) is 2.98. The number of benzene rings is 1. The van der Waals surface area contributed by atoms with Crippen molar-refractivity contribution in [1.29, 1.82) is 0 Å². The van der Waals surface area contributed by atoms with Gasteiger partial charge in [0.1, 0.15) is 0 Å². The van der Waals surface area contributed by atoms with E-state index in [1.54, 1.807) is 11.3 Å². The number of aromatic nitrogens is 1. The van der Waals surface area contributed by atoms with Crippen LogP contribution in [0.25, 0.3) is 10.2 Å². The normalized spacial score (nSPS) is 16.1. The third-order valence-electron chi connectivity index (χ3n) is 4.58. The first-order valence-corrected chi connectivity index (χ1v) is 9.34. The number of para-hydroxylation sites is 1. The lowest BCUT2D eigenvalue weighted by molar-refractivity contribution is -0.132. The summed E-state index contributed by atoms with van der Waals surface area (Å²) in [5.41, 5.74) is 1.07. The molecule has 1 N–H and O–H groups in total. The van der Waals surface area contributed by atoms with Crippen LogP contribution in [0.15, 0.2) is 24.3 Å². The minimum absolute atomic E-state index is 0.314. The van der Waals surface area contributed by atoms with Gasteiger partial charge >= 0.3 is 0 Å². The Bertz CT molecular complexity index is 614. The van der Waals surface area contributed by atoms with Crippen LogP contribution in [0.1, 0.15) is 30.7 Å². The largest absolute Gasteiger partial charge is 0.343 e. The van der Waals surface area contributed by atoms with Crippen molar-refractivity contribution >= 4 is 27.5 Å². The van der Waals surface area contributed by atoms with Crippen LogP contribution in [0.4, 0.5) is 0 Å². The molecule has 2 aromatic rings. The molecule has 0 bridgehead atoms. The first kappa shape index (κ1) is 16.4. The summed E-state index contributed by atoms with van der Waals surface area (Å²) in [5.74, 6) is 1.04. The Hall–Kier alpha value is -1.46. The second-order valence-electron chi connectivity index (χ2n) is 6.31. The number of carbonyl (C=O) groups is 1. The fourth-order valence-corrected chi connectivity index (χ4v) is 4.26. The van der Waals surface area contributed by atoms with Crippen LogP contribution in [0.3, 0.4) is 0 Å². The molecule has 1 saturated heterocycles. The maximum atomic E-state index is 12.3. The molecule has 23 heavy (non-hydrogen) atoms. The van der Waals surface area contributed by atoms with Crippen LogP contribution in [0.2, 0.25) is 0 Å². The highest BCUT2D eigenvalue weighted by Crippen LogP contribution is 2.23. The molecule has 1 aliphatic heterocycles. The van der Waals surface area contributed by atoms with Crippen molar-refractivity contribution in [2.24, 2.45) is 5.92 Å². The molecule has 0 saturated carbocycles. The Morgan fingerprint density at radius 2 is 2.13 bits per heavy atom. The van der Waals surface area contributed by atoms with Gasteiger partial charge in [-0.2, -0.15) is 0 Å². The molecule has 124 valence electrons. The third kappa shape index (κ3) is 4.30. The summed E-state index contributed by atoms with van der Waals surface area (Å²) in [7, 11) is 2.00. The Labute approximate surface area is 141 Å². The van der Waals surface area contributed by atoms with Crippen LogP contribution in [-0.2, 0) is 11.2 Å². The summed E-state index contributed by atoms with van der Waals surface area (Å²) in [5, 5.41) is 4.38. The number of piperidine rings is 1. The van der Waals surface area contributed by atoms with Crippen molar-refractivity contribution < 1.29 is 4.79 Å². The third-order valence-corrected chi connectivity index (χ3v) is 5.68. The number of rotatable bonds is 6. The van der Waals surface area contributed by atoms with Crippen molar-refractivity contribution in [3.8, 4) is 0 Å². The molecule has 1 aromatic heterocycles. The standard InChI is InChI=1S/C18H25N3OS/c1-19-13-14-9-11-21(12-10-14)18(22)8-4-7-17-20-15-5-2-3-6-16(15)23-17/h2-3,5-6,14,19H,4,7-13H2,1H3.